The molecule has 1 N–H and O–H groups in total. The number of esters is 1. The van der Waals surface area contributed by atoms with Crippen LogP contribution in [0.5, 0.6) is 0 Å². The molecule has 0 aliphatic heterocycles. The van der Waals surface area contributed by atoms with Crippen molar-refractivity contribution in [1.29, 1.82) is 0 Å². The predicted octanol–water partition coefficient (Wildman–Crippen LogP) is 3.22. The van der Waals surface area contributed by atoms with Crippen LogP contribution in [0, 0.1) is 0 Å². The maximum atomic E-state index is 12.5. The Morgan fingerprint density at radius 3 is 2.78 bits per heavy atom. The molecule has 0 fully saturated rings. The lowest BCUT2D eigenvalue weighted by molar-refractivity contribution is -0.143. The molecule has 146 valence electrons. The van der Waals surface area contributed by atoms with E-state index in [0.29, 0.717) is 24.6 Å². The van der Waals surface area contributed by atoms with Gasteiger partial charge in [-0.2, -0.15) is 0 Å². The lowest BCUT2D eigenvalue weighted by Gasteiger charge is -2.16. The summed E-state index contributed by atoms with van der Waals surface area (Å²) >= 11 is 6.15. The largest absolute Gasteiger partial charge is 0.466 e. The van der Waals surface area contributed by atoms with Crippen molar-refractivity contribution in [3.05, 3.63) is 46.7 Å². The van der Waals surface area contributed by atoms with E-state index in [2.05, 4.69) is 22.6 Å². The molecule has 1 amide bonds. The summed E-state index contributed by atoms with van der Waals surface area (Å²) in [7, 11) is 0. The van der Waals surface area contributed by atoms with Gasteiger partial charge in [0.15, 0.2) is 5.69 Å². The standard InChI is InChI=1S/C19H25ClN4O3/c1-3-5-9-15(11-18(25)27-4-2)21-19(26)17-13-24(23-22-17)12-14-8-6-7-10-16(14)20/h6-8,10,13,15H,3-5,9,11-12H2,1-2H3,(H,21,26)/t15-/m1/s1. The fourth-order valence-electron chi connectivity index (χ4n) is 2.64. The van der Waals surface area contributed by atoms with Gasteiger partial charge in [-0.25, -0.2) is 4.68 Å². The quantitative estimate of drug-likeness (QED) is 0.627. The fraction of sp³-hybridized carbons (Fsp3) is 0.474. The molecule has 0 radical (unpaired) electrons. The van der Waals surface area contributed by atoms with Gasteiger partial charge in [-0.3, -0.25) is 9.59 Å². The summed E-state index contributed by atoms with van der Waals surface area (Å²) in [4.78, 5) is 24.2. The molecule has 1 aromatic heterocycles. The lowest BCUT2D eigenvalue weighted by Crippen LogP contribution is -2.37. The second kappa shape index (κ2) is 10.7. The summed E-state index contributed by atoms with van der Waals surface area (Å²) in [6.07, 6.45) is 4.30. The van der Waals surface area contributed by atoms with Crippen LogP contribution in [0.1, 0.15) is 55.6 Å². The second-order valence-corrected chi connectivity index (χ2v) is 6.62. The number of carbonyl (C=O) groups excluding carboxylic acids is 2. The van der Waals surface area contributed by atoms with Crippen LogP contribution in [-0.2, 0) is 16.1 Å². The van der Waals surface area contributed by atoms with Gasteiger partial charge in [0, 0.05) is 11.1 Å². The Labute approximate surface area is 164 Å². The van der Waals surface area contributed by atoms with Crippen molar-refractivity contribution in [2.24, 2.45) is 0 Å². The number of unbranched alkanes of at least 4 members (excludes halogenated alkanes) is 1. The van der Waals surface area contributed by atoms with Crippen LogP contribution in [0.2, 0.25) is 5.02 Å². The predicted molar refractivity (Wildman–Crippen MR) is 103 cm³/mol. The topological polar surface area (TPSA) is 86.1 Å². The smallest absolute Gasteiger partial charge is 0.307 e. The minimum absolute atomic E-state index is 0.146. The van der Waals surface area contributed by atoms with Crippen LogP contribution in [0.3, 0.4) is 0 Å². The zero-order chi connectivity index (χ0) is 19.6. The maximum absolute atomic E-state index is 12.5. The summed E-state index contributed by atoms with van der Waals surface area (Å²) in [5, 5.41) is 11.4. The van der Waals surface area contributed by atoms with E-state index in [4.69, 9.17) is 16.3 Å². The molecule has 0 saturated heterocycles. The van der Waals surface area contributed by atoms with Crippen molar-refractivity contribution in [2.75, 3.05) is 6.61 Å². The van der Waals surface area contributed by atoms with Crippen molar-refractivity contribution in [3.8, 4) is 0 Å². The van der Waals surface area contributed by atoms with Crippen molar-refractivity contribution in [2.45, 2.75) is 52.1 Å². The average molecular weight is 393 g/mol. The highest BCUT2D eigenvalue weighted by atomic mass is 35.5. The first-order chi connectivity index (χ1) is 13.0. The highest BCUT2D eigenvalue weighted by molar-refractivity contribution is 6.31. The van der Waals surface area contributed by atoms with Crippen LogP contribution >= 0.6 is 11.6 Å². The Morgan fingerprint density at radius 2 is 2.07 bits per heavy atom. The van der Waals surface area contributed by atoms with E-state index in [9.17, 15) is 9.59 Å². The Balaban J connectivity index is 1.99. The van der Waals surface area contributed by atoms with Gasteiger partial charge in [0.2, 0.25) is 0 Å². The summed E-state index contributed by atoms with van der Waals surface area (Å²) in [5.41, 5.74) is 1.09. The number of ether oxygens (including phenoxy) is 1. The molecule has 8 heteroatoms. The third-order valence-electron chi connectivity index (χ3n) is 4.02. The van der Waals surface area contributed by atoms with E-state index >= 15 is 0 Å². The van der Waals surface area contributed by atoms with E-state index in [0.717, 1.165) is 18.4 Å². The number of halogens is 1. The van der Waals surface area contributed by atoms with E-state index in [1.807, 2.05) is 18.2 Å². The zero-order valence-corrected chi connectivity index (χ0v) is 16.4. The Bertz CT molecular complexity index is 763. The highest BCUT2D eigenvalue weighted by Crippen LogP contribution is 2.16. The minimum atomic E-state index is -0.356. The molecule has 0 unspecified atom stereocenters. The number of amides is 1. The molecule has 27 heavy (non-hydrogen) atoms. The average Bonchev–Trinajstić information content (AvgIpc) is 3.10. The Morgan fingerprint density at radius 1 is 1.30 bits per heavy atom. The zero-order valence-electron chi connectivity index (χ0n) is 15.7. The first-order valence-electron chi connectivity index (χ1n) is 9.13. The molecule has 1 atom stereocenters. The fourth-order valence-corrected chi connectivity index (χ4v) is 2.83. The number of benzene rings is 1. The maximum Gasteiger partial charge on any atom is 0.307 e. The number of aromatic nitrogens is 3. The molecule has 0 spiro atoms. The van der Waals surface area contributed by atoms with Crippen molar-refractivity contribution in [3.63, 3.8) is 0 Å². The molecular weight excluding hydrogens is 368 g/mol. The van der Waals surface area contributed by atoms with Gasteiger partial charge < -0.3 is 10.1 Å². The van der Waals surface area contributed by atoms with Gasteiger partial charge in [-0.1, -0.05) is 54.8 Å². The molecule has 0 bridgehead atoms. The van der Waals surface area contributed by atoms with Gasteiger partial charge in [-0.05, 0) is 25.0 Å². The van der Waals surface area contributed by atoms with Crippen molar-refractivity contribution < 1.29 is 14.3 Å². The third-order valence-corrected chi connectivity index (χ3v) is 4.39. The van der Waals surface area contributed by atoms with Gasteiger partial charge in [0.25, 0.3) is 5.91 Å². The van der Waals surface area contributed by atoms with Crippen LogP contribution in [0.15, 0.2) is 30.5 Å². The number of nitrogens with one attached hydrogen (secondary N) is 1. The molecule has 1 heterocycles. The second-order valence-electron chi connectivity index (χ2n) is 6.21. The van der Waals surface area contributed by atoms with E-state index in [-0.39, 0.29) is 30.0 Å². The molecule has 7 nitrogen and oxygen atoms in total. The van der Waals surface area contributed by atoms with E-state index in [1.54, 1.807) is 23.9 Å². The van der Waals surface area contributed by atoms with Crippen molar-refractivity contribution in [1.82, 2.24) is 20.3 Å². The van der Waals surface area contributed by atoms with Gasteiger partial charge in [0.1, 0.15) is 0 Å². The molecular formula is C19H25ClN4O3. The number of hydrogen-bond acceptors (Lipinski definition) is 5. The molecule has 0 aliphatic rings. The van der Waals surface area contributed by atoms with Gasteiger partial charge in [-0.15, -0.1) is 5.10 Å². The Hall–Kier alpha value is -2.41. The van der Waals surface area contributed by atoms with E-state index in [1.165, 1.54) is 0 Å². The summed E-state index contributed by atoms with van der Waals surface area (Å²) in [6.45, 7) is 4.56. The molecule has 0 saturated carbocycles. The number of hydrogen-bond donors (Lipinski definition) is 1. The van der Waals surface area contributed by atoms with Gasteiger partial charge in [0.05, 0.1) is 25.8 Å². The summed E-state index contributed by atoms with van der Waals surface area (Å²) < 4.78 is 6.54. The van der Waals surface area contributed by atoms with Crippen LogP contribution in [0.4, 0.5) is 0 Å². The van der Waals surface area contributed by atoms with E-state index < -0.39 is 0 Å². The Kier molecular flexibility index (Phi) is 8.26. The third kappa shape index (κ3) is 6.67. The molecule has 2 aromatic rings. The lowest BCUT2D eigenvalue weighted by atomic mass is 10.1. The van der Waals surface area contributed by atoms with Gasteiger partial charge >= 0.3 is 5.97 Å². The minimum Gasteiger partial charge on any atom is -0.466 e. The number of rotatable bonds is 10. The number of nitrogens with zero attached hydrogens (tertiary/aromatic N) is 3. The monoisotopic (exact) mass is 392 g/mol. The molecule has 0 aliphatic carbocycles. The summed E-state index contributed by atoms with van der Waals surface area (Å²) in [5.74, 6) is -0.674. The number of carbonyl (C=O) groups is 2. The molecule has 1 aromatic carbocycles. The SMILES string of the molecule is CCCC[C@H](CC(=O)OCC)NC(=O)c1cn(Cc2ccccc2Cl)nn1. The highest BCUT2D eigenvalue weighted by Gasteiger charge is 2.19. The first kappa shape index (κ1) is 20.9. The van der Waals surface area contributed by atoms with Crippen LogP contribution < -0.4 is 5.32 Å². The van der Waals surface area contributed by atoms with Crippen LogP contribution in [0.25, 0.3) is 0 Å². The van der Waals surface area contributed by atoms with Crippen LogP contribution in [-0.4, -0.2) is 39.5 Å². The normalized spacial score (nSPS) is 11.8. The molecule has 2 rings (SSSR count). The van der Waals surface area contributed by atoms with Crippen molar-refractivity contribution >= 4 is 23.5 Å². The summed E-state index contributed by atoms with van der Waals surface area (Å²) in [6, 6.07) is 7.15. The first-order valence-corrected chi connectivity index (χ1v) is 9.51.